The number of hydrogen-bond acceptors (Lipinski definition) is 2. The number of nitrogens with zero attached hydrogens (tertiary/aromatic N) is 1. The summed E-state index contributed by atoms with van der Waals surface area (Å²) in [6.45, 7) is 0. The molecule has 4 rings (SSSR count). The molecule has 1 amide bonds. The molecule has 0 saturated heterocycles. The van der Waals surface area contributed by atoms with Crippen molar-refractivity contribution in [3.8, 4) is 22.5 Å². The first-order chi connectivity index (χ1) is 12.0. The van der Waals surface area contributed by atoms with Crippen LogP contribution in [0, 0.1) is 11.6 Å². The van der Waals surface area contributed by atoms with Crippen molar-refractivity contribution >= 4 is 16.9 Å². The molecule has 0 atom stereocenters. The first-order valence-corrected chi connectivity index (χ1v) is 7.45. The van der Waals surface area contributed by atoms with Crippen LogP contribution in [-0.2, 0) is 0 Å². The number of nitrogens with two attached hydrogens (primary N) is 1. The normalized spacial score (nSPS) is 11.1. The Morgan fingerprint density at radius 3 is 2.68 bits per heavy atom. The maximum atomic E-state index is 14.2. The second kappa shape index (κ2) is 5.55. The van der Waals surface area contributed by atoms with Gasteiger partial charge in [-0.25, -0.2) is 13.8 Å². The summed E-state index contributed by atoms with van der Waals surface area (Å²) >= 11 is 0. The van der Waals surface area contributed by atoms with Crippen LogP contribution in [0.25, 0.3) is 33.5 Å². The number of hydrogen-bond donors (Lipinski definition) is 3. The van der Waals surface area contributed by atoms with E-state index in [0.717, 1.165) is 23.1 Å². The van der Waals surface area contributed by atoms with Crippen LogP contribution in [0.2, 0.25) is 0 Å². The lowest BCUT2D eigenvalue weighted by Gasteiger charge is -2.04. The van der Waals surface area contributed by atoms with Crippen LogP contribution in [-0.4, -0.2) is 20.9 Å². The number of halogens is 2. The number of nitrogens with one attached hydrogen (secondary N) is 2. The largest absolute Gasteiger partial charge is 0.366 e. The van der Waals surface area contributed by atoms with Gasteiger partial charge in [-0.2, -0.15) is 0 Å². The summed E-state index contributed by atoms with van der Waals surface area (Å²) in [7, 11) is 0. The van der Waals surface area contributed by atoms with E-state index in [1.165, 1.54) is 6.07 Å². The standard InChI is InChI=1S/C18H12F2N4O/c19-9-1-2-12(14(20)7-9)16-13(17(21)25)8-15(24-16)10-3-5-22-18-11(10)4-6-23-18/h1-8,24H,(H2,21,25)(H,22,23). The molecule has 5 nitrogen and oxygen atoms in total. The Hall–Kier alpha value is -3.48. The van der Waals surface area contributed by atoms with Gasteiger partial charge in [-0.15, -0.1) is 0 Å². The third kappa shape index (κ3) is 2.46. The molecule has 3 heterocycles. The van der Waals surface area contributed by atoms with Crippen molar-refractivity contribution in [2.24, 2.45) is 5.73 Å². The van der Waals surface area contributed by atoms with E-state index in [0.29, 0.717) is 11.3 Å². The van der Waals surface area contributed by atoms with E-state index in [2.05, 4.69) is 15.0 Å². The molecule has 0 aliphatic rings. The summed E-state index contributed by atoms with van der Waals surface area (Å²) in [5, 5.41) is 0.839. The highest BCUT2D eigenvalue weighted by Gasteiger charge is 2.19. The van der Waals surface area contributed by atoms with E-state index in [1.54, 1.807) is 24.5 Å². The molecule has 0 aliphatic heterocycles. The van der Waals surface area contributed by atoms with Gasteiger partial charge < -0.3 is 15.7 Å². The maximum absolute atomic E-state index is 14.2. The predicted octanol–water partition coefficient (Wildman–Crippen LogP) is 3.60. The van der Waals surface area contributed by atoms with Crippen LogP contribution in [0.15, 0.2) is 48.8 Å². The minimum atomic E-state index is -0.780. The number of carbonyl (C=O) groups excluding carboxylic acids is 1. The fraction of sp³-hybridized carbons (Fsp3) is 0. The second-order valence-electron chi connectivity index (χ2n) is 5.56. The number of benzene rings is 1. The topological polar surface area (TPSA) is 87.6 Å². The van der Waals surface area contributed by atoms with Crippen molar-refractivity contribution in [3.63, 3.8) is 0 Å². The summed E-state index contributed by atoms with van der Waals surface area (Å²) < 4.78 is 27.3. The van der Waals surface area contributed by atoms with Crippen molar-refractivity contribution in [3.05, 3.63) is 66.0 Å². The number of fused-ring (bicyclic) bond motifs is 1. The fourth-order valence-electron chi connectivity index (χ4n) is 2.89. The van der Waals surface area contributed by atoms with Crippen LogP contribution in [0.5, 0.6) is 0 Å². The number of amides is 1. The molecule has 4 N–H and O–H groups in total. The van der Waals surface area contributed by atoms with Crippen LogP contribution < -0.4 is 5.73 Å². The third-order valence-corrected chi connectivity index (χ3v) is 4.03. The van der Waals surface area contributed by atoms with Gasteiger partial charge in [-0.05, 0) is 30.3 Å². The van der Waals surface area contributed by atoms with E-state index in [-0.39, 0.29) is 16.8 Å². The van der Waals surface area contributed by atoms with Crippen molar-refractivity contribution in [2.45, 2.75) is 0 Å². The van der Waals surface area contributed by atoms with E-state index in [4.69, 9.17) is 5.73 Å². The molecule has 0 unspecified atom stereocenters. The van der Waals surface area contributed by atoms with Gasteiger partial charge in [0.15, 0.2) is 0 Å². The van der Waals surface area contributed by atoms with Crippen molar-refractivity contribution in [1.82, 2.24) is 15.0 Å². The van der Waals surface area contributed by atoms with Gasteiger partial charge in [0.05, 0.1) is 11.3 Å². The van der Waals surface area contributed by atoms with Gasteiger partial charge in [-0.3, -0.25) is 4.79 Å². The number of aromatic nitrogens is 3. The van der Waals surface area contributed by atoms with E-state index in [1.807, 2.05) is 6.07 Å². The molecule has 1 aromatic carbocycles. The zero-order valence-corrected chi connectivity index (χ0v) is 12.8. The first kappa shape index (κ1) is 15.1. The van der Waals surface area contributed by atoms with E-state index < -0.39 is 17.5 Å². The lowest BCUT2D eigenvalue weighted by Crippen LogP contribution is -2.11. The average Bonchev–Trinajstić information content (AvgIpc) is 3.21. The smallest absolute Gasteiger partial charge is 0.250 e. The number of pyridine rings is 1. The molecule has 0 saturated carbocycles. The Labute approximate surface area is 140 Å². The molecule has 25 heavy (non-hydrogen) atoms. The monoisotopic (exact) mass is 338 g/mol. The SMILES string of the molecule is NC(=O)c1cc(-c2ccnc3[nH]ccc23)[nH]c1-c1ccc(F)cc1F. The average molecular weight is 338 g/mol. The summed E-state index contributed by atoms with van der Waals surface area (Å²) in [5.41, 5.74) is 7.89. The quantitative estimate of drug-likeness (QED) is 0.533. The molecule has 0 radical (unpaired) electrons. The van der Waals surface area contributed by atoms with Gasteiger partial charge in [0.2, 0.25) is 0 Å². The number of rotatable bonds is 3. The van der Waals surface area contributed by atoms with Crippen LogP contribution in [0.1, 0.15) is 10.4 Å². The minimum absolute atomic E-state index is 0.0702. The molecular weight excluding hydrogens is 326 g/mol. The molecule has 4 aromatic rings. The third-order valence-electron chi connectivity index (χ3n) is 4.03. The Kier molecular flexibility index (Phi) is 3.35. The molecule has 0 bridgehead atoms. The Balaban J connectivity index is 1.95. The minimum Gasteiger partial charge on any atom is -0.366 e. The van der Waals surface area contributed by atoms with Gasteiger partial charge in [0.25, 0.3) is 5.91 Å². The molecule has 7 heteroatoms. The van der Waals surface area contributed by atoms with Crippen LogP contribution in [0.4, 0.5) is 8.78 Å². The number of aromatic amines is 2. The Bertz CT molecular complexity index is 1110. The summed E-state index contributed by atoms with van der Waals surface area (Å²) in [5.74, 6) is -2.19. The van der Waals surface area contributed by atoms with Crippen molar-refractivity contribution in [1.29, 1.82) is 0 Å². The fourth-order valence-corrected chi connectivity index (χ4v) is 2.89. The van der Waals surface area contributed by atoms with Gasteiger partial charge >= 0.3 is 0 Å². The molecular formula is C18H12F2N4O. The predicted molar refractivity (Wildman–Crippen MR) is 89.8 cm³/mol. The number of carbonyl (C=O) groups is 1. The van der Waals surface area contributed by atoms with Gasteiger partial charge in [-0.1, -0.05) is 0 Å². The van der Waals surface area contributed by atoms with Gasteiger partial charge in [0, 0.05) is 40.7 Å². The van der Waals surface area contributed by atoms with Crippen LogP contribution >= 0.6 is 0 Å². The second-order valence-corrected chi connectivity index (χ2v) is 5.56. The lowest BCUT2D eigenvalue weighted by atomic mass is 10.1. The van der Waals surface area contributed by atoms with Crippen LogP contribution in [0.3, 0.4) is 0 Å². The highest BCUT2D eigenvalue weighted by atomic mass is 19.1. The zero-order chi connectivity index (χ0) is 17.6. The zero-order valence-electron chi connectivity index (χ0n) is 12.8. The van der Waals surface area contributed by atoms with E-state index in [9.17, 15) is 13.6 Å². The Morgan fingerprint density at radius 1 is 1.08 bits per heavy atom. The first-order valence-electron chi connectivity index (χ1n) is 7.45. The van der Waals surface area contributed by atoms with Crippen molar-refractivity contribution in [2.75, 3.05) is 0 Å². The molecule has 0 spiro atoms. The molecule has 0 fully saturated rings. The molecule has 124 valence electrons. The number of primary amides is 1. The summed E-state index contributed by atoms with van der Waals surface area (Å²) in [6.07, 6.45) is 3.37. The summed E-state index contributed by atoms with van der Waals surface area (Å²) in [4.78, 5) is 22.1. The highest BCUT2D eigenvalue weighted by molar-refractivity contribution is 6.02. The molecule has 0 aliphatic carbocycles. The maximum Gasteiger partial charge on any atom is 0.250 e. The molecule has 3 aromatic heterocycles. The lowest BCUT2D eigenvalue weighted by molar-refractivity contribution is 0.100. The Morgan fingerprint density at radius 2 is 1.92 bits per heavy atom. The van der Waals surface area contributed by atoms with Gasteiger partial charge in [0.1, 0.15) is 17.3 Å². The highest BCUT2D eigenvalue weighted by Crippen LogP contribution is 2.33. The number of H-pyrrole nitrogens is 2. The summed E-state index contributed by atoms with van der Waals surface area (Å²) in [6, 6.07) is 8.34. The van der Waals surface area contributed by atoms with Crippen molar-refractivity contribution < 1.29 is 13.6 Å². The van der Waals surface area contributed by atoms with E-state index >= 15 is 0 Å².